The average molecular weight is 614 g/mol. The van der Waals surface area contributed by atoms with Gasteiger partial charge < -0.3 is 19.3 Å². The minimum absolute atomic E-state index is 0.00325. The third kappa shape index (κ3) is 5.83. The predicted octanol–water partition coefficient (Wildman–Crippen LogP) is 4.53. The number of aromatic carboxylic acids is 1. The lowest BCUT2D eigenvalue weighted by Gasteiger charge is -2.28. The van der Waals surface area contributed by atoms with Crippen molar-refractivity contribution in [2.24, 2.45) is 0 Å². The first-order valence-corrected chi connectivity index (χ1v) is 13.8. The third-order valence-electron chi connectivity index (χ3n) is 7.56. The monoisotopic (exact) mass is 613 g/mol. The maximum Gasteiger partial charge on any atom is 0.335 e. The fourth-order valence-electron chi connectivity index (χ4n) is 5.10. The molecule has 0 bridgehead atoms. The van der Waals surface area contributed by atoms with Crippen molar-refractivity contribution in [1.82, 2.24) is 19.3 Å². The maximum absolute atomic E-state index is 15.5. The Hall–Kier alpha value is -5.61. The number of benzene rings is 2. The summed E-state index contributed by atoms with van der Waals surface area (Å²) in [7, 11) is 1.45. The van der Waals surface area contributed by atoms with Gasteiger partial charge >= 0.3 is 5.97 Å². The number of nitriles is 1. The summed E-state index contributed by atoms with van der Waals surface area (Å²) < 4.78 is 50.5. The Bertz CT molecular complexity index is 2050. The predicted molar refractivity (Wildman–Crippen MR) is 156 cm³/mol. The van der Waals surface area contributed by atoms with Crippen LogP contribution < -0.4 is 15.0 Å². The summed E-state index contributed by atoms with van der Waals surface area (Å²) in [6, 6.07) is 14.2. The first-order valence-electron chi connectivity index (χ1n) is 13.8. The fraction of sp³-hybridized carbons (Fsp3) is 0.219. The van der Waals surface area contributed by atoms with Crippen LogP contribution in [0.15, 0.2) is 65.6 Å². The van der Waals surface area contributed by atoms with Gasteiger partial charge in [-0.25, -0.2) is 28.2 Å². The molecular weight excluding hydrogens is 588 g/mol. The van der Waals surface area contributed by atoms with Gasteiger partial charge in [0.15, 0.2) is 0 Å². The van der Waals surface area contributed by atoms with E-state index in [9.17, 15) is 14.7 Å². The van der Waals surface area contributed by atoms with E-state index in [2.05, 4.69) is 9.97 Å². The molecule has 0 radical (unpaired) electrons. The van der Waals surface area contributed by atoms with Gasteiger partial charge in [0.25, 0.3) is 5.56 Å². The van der Waals surface area contributed by atoms with Crippen LogP contribution in [0.2, 0.25) is 0 Å². The summed E-state index contributed by atoms with van der Waals surface area (Å²) >= 11 is 0. The molecule has 3 aromatic heterocycles. The highest BCUT2D eigenvalue weighted by Gasteiger charge is 2.24. The summed E-state index contributed by atoms with van der Waals surface area (Å²) in [6.07, 6.45) is 2.00. The smallest absolute Gasteiger partial charge is 0.335 e. The Labute approximate surface area is 254 Å². The Morgan fingerprint density at radius 3 is 2.67 bits per heavy atom. The lowest BCUT2D eigenvalue weighted by molar-refractivity contribution is -0.0618. The minimum Gasteiger partial charge on any atom is -0.496 e. The topological polar surface area (TPSA) is 141 Å². The Morgan fingerprint density at radius 1 is 1.13 bits per heavy atom. The Balaban J connectivity index is 1.29. The van der Waals surface area contributed by atoms with E-state index in [0.29, 0.717) is 23.4 Å². The van der Waals surface area contributed by atoms with Crippen molar-refractivity contribution < 1.29 is 32.9 Å². The lowest BCUT2D eigenvalue weighted by Crippen LogP contribution is -2.35. The quantitative estimate of drug-likeness (QED) is 0.240. The molecule has 4 heterocycles. The molecule has 5 aromatic rings. The number of ether oxygens (including phenoxy) is 3. The van der Waals surface area contributed by atoms with Crippen LogP contribution in [0, 0.1) is 23.0 Å². The highest BCUT2D eigenvalue weighted by Crippen LogP contribution is 2.28. The van der Waals surface area contributed by atoms with Crippen molar-refractivity contribution in [2.45, 2.75) is 32.2 Å². The highest BCUT2D eigenvalue weighted by molar-refractivity contribution is 5.93. The number of rotatable bonds is 10. The van der Waals surface area contributed by atoms with Crippen molar-refractivity contribution in [2.75, 3.05) is 13.7 Å². The van der Waals surface area contributed by atoms with E-state index in [1.165, 1.54) is 48.3 Å². The van der Waals surface area contributed by atoms with Crippen molar-refractivity contribution in [1.29, 1.82) is 5.26 Å². The molecule has 0 saturated carbocycles. The van der Waals surface area contributed by atoms with Crippen molar-refractivity contribution in [3.8, 4) is 29.0 Å². The van der Waals surface area contributed by atoms with Crippen LogP contribution in [-0.2, 0) is 24.4 Å². The second kappa shape index (κ2) is 12.2. The van der Waals surface area contributed by atoms with Gasteiger partial charge in [-0.05, 0) is 42.8 Å². The molecule has 228 valence electrons. The molecular formula is C32H25F2N5O6. The number of nitrogens with zero attached hydrogens (tertiary/aromatic N) is 5. The normalized spacial score (nSPS) is 14.1. The van der Waals surface area contributed by atoms with Crippen LogP contribution in [0.3, 0.4) is 0 Å². The average Bonchev–Trinajstić information content (AvgIpc) is 3.28. The van der Waals surface area contributed by atoms with Gasteiger partial charge in [0.2, 0.25) is 5.88 Å². The number of hydrogen-bond donors (Lipinski definition) is 1. The molecule has 6 rings (SSSR count). The van der Waals surface area contributed by atoms with Crippen molar-refractivity contribution in [3.63, 3.8) is 0 Å². The third-order valence-corrected chi connectivity index (χ3v) is 7.56. The highest BCUT2D eigenvalue weighted by atomic mass is 19.1. The van der Waals surface area contributed by atoms with E-state index in [4.69, 9.17) is 19.5 Å². The zero-order chi connectivity index (χ0) is 31.7. The minimum atomic E-state index is -1.15. The number of aromatic nitrogens is 4. The summed E-state index contributed by atoms with van der Waals surface area (Å²) in [5.41, 5.74) is 0.563. The first-order chi connectivity index (χ1) is 21.7. The number of halogens is 2. The fourth-order valence-corrected chi connectivity index (χ4v) is 5.10. The standard InChI is InChI=1S/C32H25F2N5O6/c1-43-29-11-21(13-35)36-14-20(29)17-45-30-4-2-3-27(37-30)24-12-25(33)19(9-26(24)34)15-39-31(40)23-6-5-18(32(41)42)10-28(23)38(39)16-22-7-8-44-22/h2-6,9-12,14,22H,7-8,15-17H2,1H3,(H,41,42)/t22-/m0/s1. The zero-order valence-electron chi connectivity index (χ0n) is 23.9. The molecule has 1 saturated heterocycles. The number of fused-ring (bicyclic) bond motifs is 1. The zero-order valence-corrected chi connectivity index (χ0v) is 23.9. The van der Waals surface area contributed by atoms with E-state index in [0.717, 1.165) is 18.6 Å². The van der Waals surface area contributed by atoms with Gasteiger partial charge in [0, 0.05) is 41.6 Å². The van der Waals surface area contributed by atoms with E-state index in [1.807, 2.05) is 6.07 Å². The van der Waals surface area contributed by atoms with Gasteiger partial charge in [-0.1, -0.05) is 6.07 Å². The molecule has 1 fully saturated rings. The van der Waals surface area contributed by atoms with E-state index < -0.39 is 23.2 Å². The summed E-state index contributed by atoms with van der Waals surface area (Å²) in [4.78, 5) is 33.3. The Morgan fingerprint density at radius 2 is 1.96 bits per heavy atom. The van der Waals surface area contributed by atoms with Crippen LogP contribution in [0.25, 0.3) is 22.2 Å². The maximum atomic E-state index is 15.5. The first kappa shape index (κ1) is 29.5. The summed E-state index contributed by atoms with van der Waals surface area (Å²) in [5, 5.41) is 18.8. The van der Waals surface area contributed by atoms with Gasteiger partial charge in [-0.2, -0.15) is 5.26 Å². The number of carbonyl (C=O) groups is 1. The molecule has 45 heavy (non-hydrogen) atoms. The molecule has 1 aliphatic heterocycles. The number of methoxy groups -OCH3 is 1. The molecule has 1 atom stereocenters. The molecule has 0 unspecified atom stereocenters. The number of hydrogen-bond acceptors (Lipinski definition) is 8. The molecule has 0 spiro atoms. The molecule has 2 aromatic carbocycles. The van der Waals surface area contributed by atoms with Crippen LogP contribution in [0.4, 0.5) is 8.78 Å². The van der Waals surface area contributed by atoms with Gasteiger partial charge in [-0.3, -0.25) is 9.48 Å². The number of carboxylic acids is 1. The van der Waals surface area contributed by atoms with Crippen molar-refractivity contribution >= 4 is 16.9 Å². The Kier molecular flexibility index (Phi) is 7.97. The van der Waals surface area contributed by atoms with E-state index in [-0.39, 0.29) is 65.1 Å². The molecule has 0 aliphatic carbocycles. The molecule has 13 heteroatoms. The molecule has 1 aliphatic rings. The molecule has 0 amide bonds. The summed E-state index contributed by atoms with van der Waals surface area (Å²) in [5.74, 6) is -2.14. The van der Waals surface area contributed by atoms with Crippen LogP contribution >= 0.6 is 0 Å². The van der Waals surface area contributed by atoms with Gasteiger partial charge in [-0.15, -0.1) is 0 Å². The second-order valence-corrected chi connectivity index (χ2v) is 10.3. The number of pyridine rings is 2. The largest absolute Gasteiger partial charge is 0.496 e. The van der Waals surface area contributed by atoms with Crippen LogP contribution in [0.1, 0.15) is 33.6 Å². The van der Waals surface area contributed by atoms with Gasteiger partial charge in [0.1, 0.15) is 35.8 Å². The van der Waals surface area contributed by atoms with Crippen LogP contribution in [-0.4, -0.2) is 50.2 Å². The van der Waals surface area contributed by atoms with Crippen LogP contribution in [0.5, 0.6) is 11.6 Å². The van der Waals surface area contributed by atoms with E-state index >= 15 is 8.78 Å². The SMILES string of the molecule is COc1cc(C#N)ncc1COc1cccc(-c2cc(F)c(Cn3c(=O)c4ccc(C(=O)O)cc4n3C[C@@H]3CCO3)cc2F)n1. The number of carboxylic acid groups (broad SMARTS) is 1. The summed E-state index contributed by atoms with van der Waals surface area (Å²) in [6.45, 7) is 0.501. The van der Waals surface area contributed by atoms with E-state index in [1.54, 1.807) is 16.8 Å². The van der Waals surface area contributed by atoms with Gasteiger partial charge in [0.05, 0.1) is 48.5 Å². The van der Waals surface area contributed by atoms with Crippen molar-refractivity contribution in [3.05, 3.63) is 105 Å². The molecule has 1 N–H and O–H groups in total. The lowest BCUT2D eigenvalue weighted by atomic mass is 10.1. The second-order valence-electron chi connectivity index (χ2n) is 10.3. The molecule has 11 nitrogen and oxygen atoms in total.